The average molecular weight is 537 g/mol. The first-order chi connectivity index (χ1) is 17.8. The largest absolute Gasteiger partial charge is 0.434 e. The number of hydrogen-bond donors (Lipinski definition) is 2. The molecular formula is C26H25ClF4N4O2. The number of nitrogens with one attached hydrogen (secondary N) is 1. The molecule has 1 fully saturated rings. The molecule has 0 amide bonds. The molecule has 3 heterocycles. The molecule has 4 aromatic rings. The summed E-state index contributed by atoms with van der Waals surface area (Å²) in [5.41, 5.74) is 3.15. The van der Waals surface area contributed by atoms with Gasteiger partial charge in [0.1, 0.15) is 23.9 Å². The number of H-pyrrole nitrogens is 1. The van der Waals surface area contributed by atoms with E-state index in [4.69, 9.17) is 11.6 Å². The molecule has 6 nitrogen and oxygen atoms in total. The van der Waals surface area contributed by atoms with Crippen LogP contribution >= 0.6 is 11.6 Å². The van der Waals surface area contributed by atoms with Gasteiger partial charge in [-0.05, 0) is 56.4 Å². The molecule has 5 rings (SSSR count). The molecule has 196 valence electrons. The van der Waals surface area contributed by atoms with E-state index in [-0.39, 0.29) is 17.7 Å². The number of alkyl halides is 3. The standard InChI is InChI=1S/C26H25ClF4N4O2/c1-13-19(12-34-35(13)15-2-4-16(36)5-3-15)14-8-17-20(11-33-25(17)32-10-14)18(9-28)23-22(37-26(30)31)7-6-21(29)24(23)27/h6-8,10-12,15-16,18,26,36H,2-5,9H2,1H3,(H,32,33)/t15-,16-,18-/m0/s1. The Kier molecular flexibility index (Phi) is 7.13. The summed E-state index contributed by atoms with van der Waals surface area (Å²) < 4.78 is 61.4. The van der Waals surface area contributed by atoms with Gasteiger partial charge in [0.2, 0.25) is 0 Å². The summed E-state index contributed by atoms with van der Waals surface area (Å²) in [6.07, 6.45) is 7.78. The highest BCUT2D eigenvalue weighted by molar-refractivity contribution is 6.31. The molecule has 1 saturated carbocycles. The van der Waals surface area contributed by atoms with Gasteiger partial charge in [-0.15, -0.1) is 0 Å². The number of pyridine rings is 1. The Balaban J connectivity index is 1.56. The second kappa shape index (κ2) is 10.3. The molecule has 37 heavy (non-hydrogen) atoms. The molecule has 0 bridgehead atoms. The number of benzene rings is 1. The zero-order valence-electron chi connectivity index (χ0n) is 19.9. The van der Waals surface area contributed by atoms with Gasteiger partial charge in [-0.2, -0.15) is 13.9 Å². The molecule has 2 N–H and O–H groups in total. The molecule has 0 aliphatic heterocycles. The Hall–Kier alpha value is -3.11. The SMILES string of the molecule is Cc1c(-c2cnc3[nH]cc([C@H](CF)c4c(OC(F)F)ccc(F)c4Cl)c3c2)cnn1[C@H]1CC[C@H](O)CC1. The van der Waals surface area contributed by atoms with E-state index in [0.29, 0.717) is 16.6 Å². The maximum absolute atomic E-state index is 14.5. The lowest BCUT2D eigenvalue weighted by Gasteiger charge is -2.26. The molecule has 1 aliphatic rings. The van der Waals surface area contributed by atoms with Gasteiger partial charge < -0.3 is 14.8 Å². The molecule has 1 atom stereocenters. The minimum atomic E-state index is -3.19. The number of halogens is 5. The van der Waals surface area contributed by atoms with Crippen LogP contribution in [0.1, 0.15) is 54.5 Å². The van der Waals surface area contributed by atoms with Crippen molar-refractivity contribution in [2.24, 2.45) is 0 Å². The highest BCUT2D eigenvalue weighted by atomic mass is 35.5. The fraction of sp³-hybridized carbons (Fsp3) is 0.385. The number of nitrogens with zero attached hydrogens (tertiary/aromatic N) is 3. The van der Waals surface area contributed by atoms with Crippen LogP contribution in [0.25, 0.3) is 22.2 Å². The fourth-order valence-electron chi connectivity index (χ4n) is 5.22. The minimum Gasteiger partial charge on any atom is -0.434 e. The molecule has 0 spiro atoms. The van der Waals surface area contributed by atoms with Gasteiger partial charge in [-0.1, -0.05) is 11.6 Å². The van der Waals surface area contributed by atoms with Crippen LogP contribution in [0.4, 0.5) is 17.6 Å². The maximum Gasteiger partial charge on any atom is 0.387 e. The van der Waals surface area contributed by atoms with E-state index in [1.807, 2.05) is 17.7 Å². The highest BCUT2D eigenvalue weighted by Crippen LogP contribution is 2.42. The second-order valence-corrected chi connectivity index (χ2v) is 9.65. The lowest BCUT2D eigenvalue weighted by Crippen LogP contribution is -2.22. The van der Waals surface area contributed by atoms with Gasteiger partial charge in [0.25, 0.3) is 0 Å². The average Bonchev–Trinajstić information content (AvgIpc) is 3.47. The Morgan fingerprint density at radius 3 is 2.68 bits per heavy atom. The zero-order chi connectivity index (χ0) is 26.3. The van der Waals surface area contributed by atoms with Crippen molar-refractivity contribution >= 4 is 22.6 Å². The summed E-state index contributed by atoms with van der Waals surface area (Å²) >= 11 is 6.14. The van der Waals surface area contributed by atoms with Crippen LogP contribution in [0.15, 0.2) is 36.8 Å². The van der Waals surface area contributed by atoms with Crippen molar-refractivity contribution in [3.05, 3.63) is 64.5 Å². The first-order valence-electron chi connectivity index (χ1n) is 12.0. The topological polar surface area (TPSA) is 76.0 Å². The molecule has 3 aromatic heterocycles. The first-order valence-corrected chi connectivity index (χ1v) is 12.3. The van der Waals surface area contributed by atoms with Gasteiger partial charge in [0.05, 0.1) is 23.4 Å². The number of aliphatic hydroxyl groups is 1. The van der Waals surface area contributed by atoms with Crippen molar-refractivity contribution < 1.29 is 27.4 Å². The van der Waals surface area contributed by atoms with Crippen molar-refractivity contribution in [2.75, 3.05) is 6.67 Å². The molecule has 1 aromatic carbocycles. The molecule has 0 radical (unpaired) electrons. The van der Waals surface area contributed by atoms with Gasteiger partial charge in [-0.3, -0.25) is 9.07 Å². The minimum absolute atomic E-state index is 0.191. The zero-order valence-corrected chi connectivity index (χ0v) is 20.7. The van der Waals surface area contributed by atoms with Crippen LogP contribution in [0.5, 0.6) is 5.75 Å². The number of aromatic amines is 1. The maximum atomic E-state index is 14.5. The molecular weight excluding hydrogens is 512 g/mol. The fourth-order valence-corrected chi connectivity index (χ4v) is 5.51. The number of hydrogen-bond acceptors (Lipinski definition) is 4. The van der Waals surface area contributed by atoms with E-state index in [0.717, 1.165) is 54.6 Å². The molecule has 0 saturated heterocycles. The number of aromatic nitrogens is 4. The number of aliphatic hydroxyl groups excluding tert-OH is 1. The summed E-state index contributed by atoms with van der Waals surface area (Å²) in [6.45, 7) is -2.27. The lowest BCUT2D eigenvalue weighted by molar-refractivity contribution is -0.0506. The molecule has 1 aliphatic carbocycles. The lowest BCUT2D eigenvalue weighted by atomic mass is 9.91. The summed E-state index contributed by atoms with van der Waals surface area (Å²) in [5.74, 6) is -2.44. The summed E-state index contributed by atoms with van der Waals surface area (Å²) in [4.78, 5) is 7.44. The molecule has 11 heteroatoms. The number of fused-ring (bicyclic) bond motifs is 1. The number of rotatable bonds is 7. The molecule has 0 unspecified atom stereocenters. The monoisotopic (exact) mass is 536 g/mol. The summed E-state index contributed by atoms with van der Waals surface area (Å²) in [6, 6.07) is 3.93. The van der Waals surface area contributed by atoms with Crippen molar-refractivity contribution in [2.45, 2.75) is 57.3 Å². The summed E-state index contributed by atoms with van der Waals surface area (Å²) in [7, 11) is 0. The van der Waals surface area contributed by atoms with Gasteiger partial charge in [0.15, 0.2) is 0 Å². The van der Waals surface area contributed by atoms with Crippen LogP contribution in [0, 0.1) is 12.7 Å². The Bertz CT molecular complexity index is 1420. The number of ether oxygens (including phenoxy) is 1. The quantitative estimate of drug-likeness (QED) is 0.257. The van der Waals surface area contributed by atoms with Gasteiger partial charge in [-0.25, -0.2) is 9.37 Å². The van der Waals surface area contributed by atoms with Crippen LogP contribution in [0.3, 0.4) is 0 Å². The predicted molar refractivity (Wildman–Crippen MR) is 131 cm³/mol. The highest BCUT2D eigenvalue weighted by Gasteiger charge is 2.28. The van der Waals surface area contributed by atoms with E-state index in [9.17, 15) is 22.7 Å². The third kappa shape index (κ3) is 4.80. The summed E-state index contributed by atoms with van der Waals surface area (Å²) in [5, 5.41) is 14.5. The van der Waals surface area contributed by atoms with Crippen LogP contribution in [0.2, 0.25) is 5.02 Å². The van der Waals surface area contributed by atoms with E-state index in [1.54, 1.807) is 12.4 Å². The van der Waals surface area contributed by atoms with Crippen molar-refractivity contribution in [3.63, 3.8) is 0 Å². The predicted octanol–water partition coefficient (Wildman–Crippen LogP) is 6.71. The van der Waals surface area contributed by atoms with E-state index < -0.39 is 35.8 Å². The van der Waals surface area contributed by atoms with Crippen molar-refractivity contribution in [3.8, 4) is 16.9 Å². The van der Waals surface area contributed by atoms with Crippen LogP contribution in [-0.4, -0.2) is 44.2 Å². The smallest absolute Gasteiger partial charge is 0.387 e. The van der Waals surface area contributed by atoms with Gasteiger partial charge >= 0.3 is 6.61 Å². The van der Waals surface area contributed by atoms with Crippen LogP contribution in [-0.2, 0) is 0 Å². The van der Waals surface area contributed by atoms with E-state index in [1.165, 1.54) is 6.20 Å². The van der Waals surface area contributed by atoms with Crippen molar-refractivity contribution in [1.82, 2.24) is 19.7 Å². The first kappa shape index (κ1) is 25.5. The van der Waals surface area contributed by atoms with Crippen LogP contribution < -0.4 is 4.74 Å². The third-order valence-electron chi connectivity index (χ3n) is 7.12. The Labute approximate surface area is 215 Å². The van der Waals surface area contributed by atoms with E-state index >= 15 is 0 Å². The van der Waals surface area contributed by atoms with Gasteiger partial charge in [0, 0.05) is 46.1 Å². The van der Waals surface area contributed by atoms with E-state index in [2.05, 4.69) is 19.8 Å². The Morgan fingerprint density at radius 1 is 1.22 bits per heavy atom. The normalized spacial score (nSPS) is 19.0. The second-order valence-electron chi connectivity index (χ2n) is 9.27. The Morgan fingerprint density at radius 2 is 1.97 bits per heavy atom. The third-order valence-corrected chi connectivity index (χ3v) is 7.50. The van der Waals surface area contributed by atoms with Crippen molar-refractivity contribution in [1.29, 1.82) is 0 Å².